The second-order valence-corrected chi connectivity index (χ2v) is 6.00. The van der Waals surface area contributed by atoms with E-state index in [0.29, 0.717) is 19.0 Å². The van der Waals surface area contributed by atoms with Crippen molar-refractivity contribution >= 4 is 21.6 Å². The highest BCUT2D eigenvalue weighted by molar-refractivity contribution is 7.89. The number of nitrogens with zero attached hydrogens (tertiary/aromatic N) is 3. The van der Waals surface area contributed by atoms with Gasteiger partial charge in [0.25, 0.3) is 10.0 Å². The smallest absolute Gasteiger partial charge is 0.256 e. The molecule has 0 amide bonds. The summed E-state index contributed by atoms with van der Waals surface area (Å²) in [5, 5.41) is 4.09. The van der Waals surface area contributed by atoms with Crippen molar-refractivity contribution in [1.82, 2.24) is 14.1 Å². The predicted octanol–water partition coefficient (Wildman–Crippen LogP) is 1.45. The molecule has 0 saturated carbocycles. The summed E-state index contributed by atoms with van der Waals surface area (Å²) in [6, 6.07) is 1.50. The van der Waals surface area contributed by atoms with Crippen LogP contribution in [0.3, 0.4) is 0 Å². The van der Waals surface area contributed by atoms with E-state index in [-0.39, 0.29) is 5.03 Å². The van der Waals surface area contributed by atoms with E-state index in [1.165, 1.54) is 21.3 Å². The van der Waals surface area contributed by atoms with Gasteiger partial charge >= 0.3 is 0 Å². The largest absolute Gasteiger partial charge is 0.260 e. The molecule has 0 N–H and O–H groups in total. The molecule has 1 aromatic heterocycles. The number of hydrogen-bond acceptors (Lipinski definition) is 3. The van der Waals surface area contributed by atoms with Crippen molar-refractivity contribution in [3.05, 3.63) is 12.3 Å². The van der Waals surface area contributed by atoms with Gasteiger partial charge in [-0.25, -0.2) is 8.42 Å². The third-order valence-electron chi connectivity index (χ3n) is 2.48. The summed E-state index contributed by atoms with van der Waals surface area (Å²) in [5.41, 5.74) is 0. The first-order chi connectivity index (χ1) is 8.04. The second kappa shape index (κ2) is 6.37. The van der Waals surface area contributed by atoms with Gasteiger partial charge in [-0.05, 0) is 12.5 Å². The lowest BCUT2D eigenvalue weighted by atomic mass is 10.3. The van der Waals surface area contributed by atoms with Gasteiger partial charge in [0.2, 0.25) is 0 Å². The molecule has 0 saturated heterocycles. The number of aromatic nitrogens is 2. The van der Waals surface area contributed by atoms with Crippen molar-refractivity contribution in [2.45, 2.75) is 24.8 Å². The molecule has 98 valence electrons. The molecule has 0 aliphatic carbocycles. The van der Waals surface area contributed by atoms with E-state index in [0.717, 1.165) is 12.8 Å². The normalized spacial score (nSPS) is 12.2. The summed E-state index contributed by atoms with van der Waals surface area (Å²) in [7, 11) is -1.86. The van der Waals surface area contributed by atoms with Crippen molar-refractivity contribution in [3.63, 3.8) is 0 Å². The van der Waals surface area contributed by atoms with Crippen LogP contribution in [0.2, 0.25) is 0 Å². The van der Waals surface area contributed by atoms with E-state index in [4.69, 9.17) is 11.6 Å². The molecule has 0 unspecified atom stereocenters. The summed E-state index contributed by atoms with van der Waals surface area (Å²) in [6.45, 7) is 2.85. The molecular formula is C10H18ClN3O2S. The predicted molar refractivity (Wildman–Crippen MR) is 67.6 cm³/mol. The minimum absolute atomic E-state index is 0.207. The molecule has 0 aliphatic rings. The molecule has 17 heavy (non-hydrogen) atoms. The molecule has 0 bridgehead atoms. The fourth-order valence-electron chi connectivity index (χ4n) is 1.53. The van der Waals surface area contributed by atoms with Crippen molar-refractivity contribution < 1.29 is 8.42 Å². The lowest BCUT2D eigenvalue weighted by Gasteiger charge is -2.20. The van der Waals surface area contributed by atoms with E-state index in [2.05, 4.69) is 5.10 Å². The summed E-state index contributed by atoms with van der Waals surface area (Å²) >= 11 is 5.65. The van der Waals surface area contributed by atoms with Crippen molar-refractivity contribution in [1.29, 1.82) is 0 Å². The number of alkyl halides is 1. The standard InChI is InChI=1S/C10H18ClN3O2S/c1-3-4-8-14(9-6-11)17(15,16)10-5-7-12-13(10)2/h5,7H,3-4,6,8-9H2,1-2H3. The first kappa shape index (κ1) is 14.5. The first-order valence-electron chi connectivity index (χ1n) is 5.58. The highest BCUT2D eigenvalue weighted by Gasteiger charge is 2.26. The van der Waals surface area contributed by atoms with Gasteiger partial charge in [-0.3, -0.25) is 4.68 Å². The number of sulfonamides is 1. The van der Waals surface area contributed by atoms with Crippen LogP contribution < -0.4 is 0 Å². The molecule has 0 fully saturated rings. The van der Waals surface area contributed by atoms with Gasteiger partial charge in [0.1, 0.15) is 0 Å². The number of halogens is 1. The van der Waals surface area contributed by atoms with Crippen LogP contribution >= 0.6 is 11.6 Å². The quantitative estimate of drug-likeness (QED) is 0.710. The highest BCUT2D eigenvalue weighted by Crippen LogP contribution is 2.15. The number of hydrogen-bond donors (Lipinski definition) is 0. The maximum Gasteiger partial charge on any atom is 0.260 e. The number of aryl methyl sites for hydroxylation is 1. The lowest BCUT2D eigenvalue weighted by molar-refractivity contribution is 0.414. The molecule has 5 nitrogen and oxygen atoms in total. The van der Waals surface area contributed by atoms with E-state index in [1.54, 1.807) is 7.05 Å². The van der Waals surface area contributed by atoms with E-state index in [9.17, 15) is 8.42 Å². The molecule has 7 heteroatoms. The van der Waals surface area contributed by atoms with Crippen LogP contribution in [-0.2, 0) is 17.1 Å². The highest BCUT2D eigenvalue weighted by atomic mass is 35.5. The zero-order valence-electron chi connectivity index (χ0n) is 10.1. The third-order valence-corrected chi connectivity index (χ3v) is 4.62. The Morgan fingerprint density at radius 2 is 2.18 bits per heavy atom. The molecular weight excluding hydrogens is 262 g/mol. The summed E-state index contributed by atoms with van der Waals surface area (Å²) < 4.78 is 27.4. The number of unbranched alkanes of at least 4 members (excludes halogenated alkanes) is 1. The van der Waals surface area contributed by atoms with Gasteiger partial charge in [0.05, 0.1) is 6.20 Å². The Kier molecular flexibility index (Phi) is 5.42. The third kappa shape index (κ3) is 3.43. The topological polar surface area (TPSA) is 55.2 Å². The minimum Gasteiger partial charge on any atom is -0.256 e. The fourth-order valence-corrected chi connectivity index (χ4v) is 3.41. The molecule has 1 aromatic rings. The van der Waals surface area contributed by atoms with Gasteiger partial charge < -0.3 is 0 Å². The zero-order valence-corrected chi connectivity index (χ0v) is 11.7. The first-order valence-corrected chi connectivity index (χ1v) is 7.55. The second-order valence-electron chi connectivity index (χ2n) is 3.74. The van der Waals surface area contributed by atoms with Gasteiger partial charge in [0, 0.05) is 26.0 Å². The van der Waals surface area contributed by atoms with Crippen LogP contribution in [0.25, 0.3) is 0 Å². The van der Waals surface area contributed by atoms with Crippen LogP contribution in [0.4, 0.5) is 0 Å². The maximum absolute atomic E-state index is 12.3. The van der Waals surface area contributed by atoms with Crippen molar-refractivity contribution in [2.75, 3.05) is 19.0 Å². The lowest BCUT2D eigenvalue weighted by Crippen LogP contribution is -2.34. The number of rotatable bonds is 7. The fraction of sp³-hybridized carbons (Fsp3) is 0.700. The van der Waals surface area contributed by atoms with Crippen LogP contribution in [0.5, 0.6) is 0 Å². The SMILES string of the molecule is CCCCN(CCCl)S(=O)(=O)c1ccnn1C. The Bertz CT molecular complexity index is 444. The van der Waals surface area contributed by atoms with E-state index < -0.39 is 10.0 Å². The Morgan fingerprint density at radius 1 is 1.47 bits per heavy atom. The molecule has 0 aromatic carbocycles. The van der Waals surface area contributed by atoms with E-state index >= 15 is 0 Å². The van der Waals surface area contributed by atoms with E-state index in [1.807, 2.05) is 6.92 Å². The summed E-state index contributed by atoms with van der Waals surface area (Å²) in [4.78, 5) is 0. The molecule has 1 heterocycles. The Labute approximate surface area is 107 Å². The van der Waals surface area contributed by atoms with Crippen molar-refractivity contribution in [2.24, 2.45) is 7.05 Å². The zero-order chi connectivity index (χ0) is 12.9. The van der Waals surface area contributed by atoms with Crippen molar-refractivity contribution in [3.8, 4) is 0 Å². The summed E-state index contributed by atoms with van der Waals surface area (Å²) in [6.07, 6.45) is 3.25. The van der Waals surface area contributed by atoms with Gasteiger partial charge in [-0.15, -0.1) is 11.6 Å². The van der Waals surface area contributed by atoms with Gasteiger partial charge in [-0.1, -0.05) is 13.3 Å². The molecule has 0 aliphatic heterocycles. The Morgan fingerprint density at radius 3 is 2.65 bits per heavy atom. The Balaban J connectivity index is 2.96. The molecule has 0 radical (unpaired) electrons. The average Bonchev–Trinajstić information content (AvgIpc) is 2.71. The van der Waals surface area contributed by atoms with Crippen LogP contribution in [-0.4, -0.2) is 41.5 Å². The Hall–Kier alpha value is -0.590. The van der Waals surface area contributed by atoms with Gasteiger partial charge in [0.15, 0.2) is 5.03 Å². The monoisotopic (exact) mass is 279 g/mol. The maximum atomic E-state index is 12.3. The van der Waals surface area contributed by atoms with Crippen LogP contribution in [0.15, 0.2) is 17.3 Å². The summed E-state index contributed by atoms with van der Waals surface area (Å²) in [5.74, 6) is 0.292. The molecule has 1 rings (SSSR count). The minimum atomic E-state index is -3.47. The molecule has 0 atom stereocenters. The van der Waals surface area contributed by atoms with Crippen LogP contribution in [0.1, 0.15) is 19.8 Å². The van der Waals surface area contributed by atoms with Crippen LogP contribution in [0, 0.1) is 0 Å². The average molecular weight is 280 g/mol. The van der Waals surface area contributed by atoms with Gasteiger partial charge in [-0.2, -0.15) is 9.40 Å². The molecule has 0 spiro atoms.